The molecule has 0 aliphatic carbocycles. The van der Waals surface area contributed by atoms with Gasteiger partial charge in [0.2, 0.25) is 0 Å². The Bertz CT molecular complexity index is 471. The van der Waals surface area contributed by atoms with Gasteiger partial charge in [0.05, 0.1) is 29.1 Å². The number of primary amides is 1. The first kappa shape index (κ1) is 12.7. The molecule has 4 N–H and O–H groups in total. The largest absolute Gasteiger partial charge is 0.396 e. The number of amides is 1. The molecular formula is C13H19N3O2. The summed E-state index contributed by atoms with van der Waals surface area (Å²) < 4.78 is 5.66. The van der Waals surface area contributed by atoms with E-state index >= 15 is 0 Å². The Kier molecular flexibility index (Phi) is 3.17. The molecule has 1 aliphatic rings. The molecule has 0 bridgehead atoms. The number of anilines is 2. The van der Waals surface area contributed by atoms with E-state index in [1.54, 1.807) is 12.1 Å². The molecule has 0 spiro atoms. The molecule has 1 heterocycles. The average molecular weight is 249 g/mol. The van der Waals surface area contributed by atoms with Gasteiger partial charge in [-0.2, -0.15) is 0 Å². The molecule has 1 aromatic carbocycles. The normalized spacial score (nSPS) is 18.7. The Hall–Kier alpha value is -1.75. The molecule has 1 saturated heterocycles. The molecule has 0 aromatic heterocycles. The van der Waals surface area contributed by atoms with Crippen LogP contribution in [0.5, 0.6) is 0 Å². The van der Waals surface area contributed by atoms with E-state index in [-0.39, 0.29) is 5.60 Å². The third kappa shape index (κ3) is 2.41. The fraction of sp³-hybridized carbons (Fsp3) is 0.462. The van der Waals surface area contributed by atoms with Crippen LogP contribution >= 0.6 is 0 Å². The number of nitrogens with two attached hydrogens (primary N) is 2. The summed E-state index contributed by atoms with van der Waals surface area (Å²) in [5, 5.41) is 0. The highest BCUT2D eigenvalue weighted by Crippen LogP contribution is 2.30. The van der Waals surface area contributed by atoms with Crippen molar-refractivity contribution in [2.24, 2.45) is 5.73 Å². The SMILES string of the molecule is CC1(C)CN(c2cccc(C(N)=O)c2N)CCO1. The lowest BCUT2D eigenvalue weighted by atomic mass is 10.0. The number of rotatable bonds is 2. The number of morpholine rings is 1. The van der Waals surface area contributed by atoms with E-state index in [2.05, 4.69) is 4.90 Å². The summed E-state index contributed by atoms with van der Waals surface area (Å²) in [5.41, 5.74) is 12.8. The summed E-state index contributed by atoms with van der Waals surface area (Å²) in [4.78, 5) is 13.4. The third-order valence-corrected chi connectivity index (χ3v) is 3.11. The topological polar surface area (TPSA) is 81.6 Å². The molecule has 1 fully saturated rings. The zero-order chi connectivity index (χ0) is 13.3. The van der Waals surface area contributed by atoms with E-state index in [4.69, 9.17) is 16.2 Å². The monoisotopic (exact) mass is 249 g/mol. The highest BCUT2D eigenvalue weighted by molar-refractivity contribution is 6.00. The van der Waals surface area contributed by atoms with Crippen LogP contribution in [0, 0.1) is 0 Å². The van der Waals surface area contributed by atoms with Crippen molar-refractivity contribution < 1.29 is 9.53 Å². The van der Waals surface area contributed by atoms with Crippen LogP contribution in [0.3, 0.4) is 0 Å². The zero-order valence-electron chi connectivity index (χ0n) is 10.8. The van der Waals surface area contributed by atoms with Crippen LogP contribution in [0.4, 0.5) is 11.4 Å². The number of benzene rings is 1. The average Bonchev–Trinajstić information content (AvgIpc) is 2.27. The van der Waals surface area contributed by atoms with E-state index in [1.165, 1.54) is 0 Å². The molecule has 1 aliphatic heterocycles. The summed E-state index contributed by atoms with van der Waals surface area (Å²) in [7, 11) is 0. The summed E-state index contributed by atoms with van der Waals surface area (Å²) in [6, 6.07) is 5.35. The molecule has 5 heteroatoms. The lowest BCUT2D eigenvalue weighted by Gasteiger charge is -2.40. The highest BCUT2D eigenvalue weighted by Gasteiger charge is 2.28. The van der Waals surface area contributed by atoms with Crippen LogP contribution in [0.1, 0.15) is 24.2 Å². The van der Waals surface area contributed by atoms with Crippen molar-refractivity contribution in [2.75, 3.05) is 30.3 Å². The Balaban J connectivity index is 2.34. The standard InChI is InChI=1S/C13H19N3O2/c1-13(2)8-16(6-7-18-13)10-5-3-4-9(11(10)14)12(15)17/h3-5H,6-8,14H2,1-2H3,(H2,15,17). The van der Waals surface area contributed by atoms with Gasteiger partial charge in [-0.1, -0.05) is 6.07 Å². The van der Waals surface area contributed by atoms with Gasteiger partial charge in [0.15, 0.2) is 0 Å². The second kappa shape index (κ2) is 4.49. The van der Waals surface area contributed by atoms with Gasteiger partial charge in [-0.15, -0.1) is 0 Å². The fourth-order valence-corrected chi connectivity index (χ4v) is 2.27. The van der Waals surface area contributed by atoms with Crippen LogP contribution in [-0.4, -0.2) is 31.2 Å². The maximum atomic E-state index is 11.3. The van der Waals surface area contributed by atoms with Gasteiger partial charge in [0, 0.05) is 13.1 Å². The molecule has 98 valence electrons. The quantitative estimate of drug-likeness (QED) is 0.766. The predicted octanol–water partition coefficient (Wildman–Crippen LogP) is 0.983. The lowest BCUT2D eigenvalue weighted by Crippen LogP contribution is -2.48. The van der Waals surface area contributed by atoms with Crippen molar-refractivity contribution in [1.82, 2.24) is 0 Å². The van der Waals surface area contributed by atoms with Gasteiger partial charge in [-0.3, -0.25) is 4.79 Å². The number of ether oxygens (including phenoxy) is 1. The molecular weight excluding hydrogens is 230 g/mol. The smallest absolute Gasteiger partial charge is 0.250 e. The van der Waals surface area contributed by atoms with Gasteiger partial charge in [-0.05, 0) is 26.0 Å². The van der Waals surface area contributed by atoms with Crippen molar-refractivity contribution >= 4 is 17.3 Å². The first-order valence-corrected chi connectivity index (χ1v) is 5.98. The molecule has 0 saturated carbocycles. The van der Waals surface area contributed by atoms with E-state index < -0.39 is 5.91 Å². The van der Waals surface area contributed by atoms with Gasteiger partial charge in [0.1, 0.15) is 0 Å². The maximum absolute atomic E-state index is 11.3. The molecule has 2 rings (SSSR count). The van der Waals surface area contributed by atoms with E-state index in [0.29, 0.717) is 17.9 Å². The van der Waals surface area contributed by atoms with Gasteiger partial charge in [0.25, 0.3) is 5.91 Å². The first-order valence-electron chi connectivity index (χ1n) is 5.98. The number of carbonyl (C=O) groups excluding carboxylic acids is 1. The molecule has 1 amide bonds. The third-order valence-electron chi connectivity index (χ3n) is 3.11. The molecule has 0 radical (unpaired) electrons. The minimum atomic E-state index is -0.498. The Labute approximate surface area is 107 Å². The van der Waals surface area contributed by atoms with Gasteiger partial charge < -0.3 is 21.1 Å². The molecule has 0 atom stereocenters. The predicted molar refractivity (Wildman–Crippen MR) is 71.6 cm³/mol. The molecule has 0 unspecified atom stereocenters. The lowest BCUT2D eigenvalue weighted by molar-refractivity contribution is -0.0276. The van der Waals surface area contributed by atoms with Gasteiger partial charge in [-0.25, -0.2) is 0 Å². The zero-order valence-corrected chi connectivity index (χ0v) is 10.8. The second-order valence-electron chi connectivity index (χ2n) is 5.13. The summed E-state index contributed by atoms with van der Waals surface area (Å²) in [5.74, 6) is -0.498. The van der Waals surface area contributed by atoms with E-state index in [9.17, 15) is 4.79 Å². The number of para-hydroxylation sites is 1. The van der Waals surface area contributed by atoms with Crippen LogP contribution in [0.15, 0.2) is 18.2 Å². The summed E-state index contributed by atoms with van der Waals surface area (Å²) in [6.07, 6.45) is 0. The Morgan fingerprint density at radius 1 is 1.44 bits per heavy atom. The van der Waals surface area contributed by atoms with E-state index in [0.717, 1.165) is 18.8 Å². The van der Waals surface area contributed by atoms with Crippen LogP contribution in [0.25, 0.3) is 0 Å². The number of nitrogens with zero attached hydrogens (tertiary/aromatic N) is 1. The first-order chi connectivity index (χ1) is 8.41. The molecule has 5 nitrogen and oxygen atoms in total. The Morgan fingerprint density at radius 3 is 2.78 bits per heavy atom. The highest BCUT2D eigenvalue weighted by atomic mass is 16.5. The number of hydrogen-bond donors (Lipinski definition) is 2. The van der Waals surface area contributed by atoms with Crippen molar-refractivity contribution in [3.05, 3.63) is 23.8 Å². The summed E-state index contributed by atoms with van der Waals surface area (Å²) >= 11 is 0. The molecule has 1 aromatic rings. The van der Waals surface area contributed by atoms with Crippen LogP contribution < -0.4 is 16.4 Å². The molecule has 18 heavy (non-hydrogen) atoms. The minimum absolute atomic E-state index is 0.215. The van der Waals surface area contributed by atoms with Crippen molar-refractivity contribution in [1.29, 1.82) is 0 Å². The van der Waals surface area contributed by atoms with Crippen molar-refractivity contribution in [2.45, 2.75) is 19.4 Å². The maximum Gasteiger partial charge on any atom is 0.250 e. The van der Waals surface area contributed by atoms with Crippen LogP contribution in [0.2, 0.25) is 0 Å². The van der Waals surface area contributed by atoms with E-state index in [1.807, 2.05) is 19.9 Å². The van der Waals surface area contributed by atoms with Crippen molar-refractivity contribution in [3.63, 3.8) is 0 Å². The second-order valence-corrected chi connectivity index (χ2v) is 5.13. The van der Waals surface area contributed by atoms with Crippen molar-refractivity contribution in [3.8, 4) is 0 Å². The number of nitrogen functional groups attached to an aromatic ring is 1. The fourth-order valence-electron chi connectivity index (χ4n) is 2.27. The Morgan fingerprint density at radius 2 is 2.17 bits per heavy atom. The number of carbonyl (C=O) groups is 1. The summed E-state index contributed by atoms with van der Waals surface area (Å²) in [6.45, 7) is 6.21. The van der Waals surface area contributed by atoms with Gasteiger partial charge >= 0.3 is 0 Å². The number of hydrogen-bond acceptors (Lipinski definition) is 4. The van der Waals surface area contributed by atoms with Crippen LogP contribution in [-0.2, 0) is 4.74 Å². The minimum Gasteiger partial charge on any atom is -0.396 e.